The minimum atomic E-state index is 0. The molecule has 0 spiro atoms. The zero-order valence-corrected chi connectivity index (χ0v) is 19.7. The molecule has 7 nitrogen and oxygen atoms in total. The van der Waals surface area contributed by atoms with E-state index in [9.17, 15) is 0 Å². The van der Waals surface area contributed by atoms with Gasteiger partial charge in [-0.25, -0.2) is 0 Å². The van der Waals surface area contributed by atoms with Gasteiger partial charge in [-0.3, -0.25) is 9.89 Å². The monoisotopic (exact) mass is 497 g/mol. The van der Waals surface area contributed by atoms with E-state index in [1.807, 2.05) is 0 Å². The van der Waals surface area contributed by atoms with Crippen LogP contribution in [0.3, 0.4) is 0 Å². The third-order valence-electron chi connectivity index (χ3n) is 5.15. The topological polar surface area (TPSA) is 61.4 Å². The molecule has 2 atom stereocenters. The third kappa shape index (κ3) is 10.3. The van der Waals surface area contributed by atoms with Crippen LogP contribution < -0.4 is 10.6 Å². The smallest absolute Gasteiger partial charge is 0.191 e. The minimum absolute atomic E-state index is 0. The van der Waals surface area contributed by atoms with Crippen LogP contribution in [0.1, 0.15) is 26.7 Å². The second kappa shape index (κ2) is 14.8. The number of guanidine groups is 1. The number of hydrogen-bond acceptors (Lipinski definition) is 5. The summed E-state index contributed by atoms with van der Waals surface area (Å²) in [7, 11) is 2.19. The lowest BCUT2D eigenvalue weighted by molar-refractivity contribution is 0.0888. The average Bonchev–Trinajstić information content (AvgIpc) is 3.16. The van der Waals surface area contributed by atoms with Crippen molar-refractivity contribution in [2.45, 2.75) is 32.7 Å². The normalized spacial score (nSPS) is 23.1. The molecule has 160 valence electrons. The molecule has 0 amide bonds. The average molecular weight is 497 g/mol. The molecule has 27 heavy (non-hydrogen) atoms. The number of nitrogens with zero attached hydrogens (tertiary/aromatic N) is 3. The fraction of sp³-hybridized carbons (Fsp3) is 0.947. The van der Waals surface area contributed by atoms with Crippen molar-refractivity contribution in [1.82, 2.24) is 20.4 Å². The first-order valence-electron chi connectivity index (χ1n) is 10.3. The lowest BCUT2D eigenvalue weighted by atomic mass is 10.1. The summed E-state index contributed by atoms with van der Waals surface area (Å²) in [6.45, 7) is 14.9. The predicted molar refractivity (Wildman–Crippen MR) is 122 cm³/mol. The Hall–Kier alpha value is -0.160. The van der Waals surface area contributed by atoms with Gasteiger partial charge in [0.2, 0.25) is 0 Å². The number of piperazine rings is 1. The summed E-state index contributed by atoms with van der Waals surface area (Å²) in [5, 5.41) is 6.76. The van der Waals surface area contributed by atoms with Gasteiger partial charge in [-0.1, -0.05) is 0 Å². The van der Waals surface area contributed by atoms with Gasteiger partial charge in [-0.2, -0.15) is 0 Å². The highest BCUT2D eigenvalue weighted by Gasteiger charge is 2.18. The molecule has 2 aliphatic heterocycles. The van der Waals surface area contributed by atoms with Crippen LogP contribution in [0.15, 0.2) is 4.99 Å². The third-order valence-corrected chi connectivity index (χ3v) is 5.15. The van der Waals surface area contributed by atoms with Gasteiger partial charge in [0.05, 0.1) is 19.8 Å². The van der Waals surface area contributed by atoms with Gasteiger partial charge < -0.3 is 25.0 Å². The van der Waals surface area contributed by atoms with E-state index >= 15 is 0 Å². The number of hydrogen-bond donors (Lipinski definition) is 2. The number of likely N-dealkylation sites (N-methyl/N-ethyl adjacent to an activating group) is 1. The standard InChI is InChI=1S/C19H39N5O2.HI/c1-4-20-19(21-7-5-12-25-15-18-6-13-26-16-18)22-14-17(2)24-10-8-23(3)9-11-24;/h17-18H,4-16H2,1-3H3,(H2,20,21,22);1H. The van der Waals surface area contributed by atoms with Gasteiger partial charge in [-0.15, -0.1) is 24.0 Å². The highest BCUT2D eigenvalue weighted by atomic mass is 127. The molecule has 2 heterocycles. The van der Waals surface area contributed by atoms with E-state index in [2.05, 4.69) is 41.3 Å². The van der Waals surface area contributed by atoms with Gasteiger partial charge in [-0.05, 0) is 33.7 Å². The Balaban J connectivity index is 0.00000364. The van der Waals surface area contributed by atoms with Crippen molar-refractivity contribution in [3.63, 3.8) is 0 Å². The lowest BCUT2D eigenvalue weighted by Gasteiger charge is -2.35. The molecular weight excluding hydrogens is 457 g/mol. The number of aliphatic imine (C=N–C) groups is 1. The first-order chi connectivity index (χ1) is 12.7. The SMILES string of the molecule is CCNC(=NCC(C)N1CCN(C)CC1)NCCCOCC1CCOC1.I. The van der Waals surface area contributed by atoms with Crippen LogP contribution >= 0.6 is 24.0 Å². The van der Waals surface area contributed by atoms with Crippen molar-refractivity contribution in [2.24, 2.45) is 10.9 Å². The van der Waals surface area contributed by atoms with E-state index in [1.54, 1.807) is 0 Å². The van der Waals surface area contributed by atoms with Crippen LogP contribution in [-0.4, -0.2) is 101 Å². The van der Waals surface area contributed by atoms with Crippen molar-refractivity contribution in [1.29, 1.82) is 0 Å². The molecule has 0 saturated carbocycles. The van der Waals surface area contributed by atoms with E-state index in [1.165, 1.54) is 0 Å². The highest BCUT2D eigenvalue weighted by molar-refractivity contribution is 14.0. The van der Waals surface area contributed by atoms with Crippen LogP contribution in [0.4, 0.5) is 0 Å². The van der Waals surface area contributed by atoms with Gasteiger partial charge in [0, 0.05) is 64.4 Å². The largest absolute Gasteiger partial charge is 0.381 e. The van der Waals surface area contributed by atoms with Crippen LogP contribution in [0.2, 0.25) is 0 Å². The van der Waals surface area contributed by atoms with E-state index in [0.29, 0.717) is 12.0 Å². The van der Waals surface area contributed by atoms with Crippen molar-refractivity contribution in [3.8, 4) is 0 Å². The molecule has 0 aliphatic carbocycles. The van der Waals surface area contributed by atoms with Crippen molar-refractivity contribution >= 4 is 29.9 Å². The fourth-order valence-electron chi connectivity index (χ4n) is 3.29. The first kappa shape index (κ1) is 24.9. The van der Waals surface area contributed by atoms with Crippen LogP contribution in [0.5, 0.6) is 0 Å². The minimum Gasteiger partial charge on any atom is -0.381 e. The summed E-state index contributed by atoms with van der Waals surface area (Å²) in [6, 6.07) is 0.483. The molecule has 0 aromatic carbocycles. The number of rotatable bonds is 10. The molecule has 0 aromatic rings. The highest BCUT2D eigenvalue weighted by Crippen LogP contribution is 2.12. The Kier molecular flexibility index (Phi) is 13.6. The molecule has 2 rings (SSSR count). The lowest BCUT2D eigenvalue weighted by Crippen LogP contribution is -2.49. The maximum atomic E-state index is 5.75. The summed E-state index contributed by atoms with van der Waals surface area (Å²) in [6.07, 6.45) is 2.13. The first-order valence-corrected chi connectivity index (χ1v) is 10.3. The van der Waals surface area contributed by atoms with Crippen molar-refractivity contribution < 1.29 is 9.47 Å². The molecule has 2 fully saturated rings. The van der Waals surface area contributed by atoms with E-state index in [-0.39, 0.29) is 24.0 Å². The molecule has 2 saturated heterocycles. The molecular formula is C19H40IN5O2. The Morgan fingerprint density at radius 1 is 1.26 bits per heavy atom. The predicted octanol–water partition coefficient (Wildman–Crippen LogP) is 1.24. The number of nitrogens with one attached hydrogen (secondary N) is 2. The molecule has 0 radical (unpaired) electrons. The van der Waals surface area contributed by atoms with Gasteiger partial charge in [0.1, 0.15) is 0 Å². The quantitative estimate of drug-likeness (QED) is 0.205. The summed E-state index contributed by atoms with van der Waals surface area (Å²) in [5.74, 6) is 1.51. The molecule has 2 N–H and O–H groups in total. The molecule has 2 aliphatic rings. The zero-order valence-electron chi connectivity index (χ0n) is 17.4. The Morgan fingerprint density at radius 2 is 2.04 bits per heavy atom. The van der Waals surface area contributed by atoms with Gasteiger partial charge in [0.15, 0.2) is 5.96 Å². The van der Waals surface area contributed by atoms with Crippen molar-refractivity contribution in [3.05, 3.63) is 0 Å². The maximum Gasteiger partial charge on any atom is 0.191 e. The summed E-state index contributed by atoms with van der Waals surface area (Å²) < 4.78 is 11.1. The second-order valence-corrected chi connectivity index (χ2v) is 7.49. The van der Waals surface area contributed by atoms with Gasteiger partial charge in [0.25, 0.3) is 0 Å². The van der Waals surface area contributed by atoms with Gasteiger partial charge >= 0.3 is 0 Å². The fourth-order valence-corrected chi connectivity index (χ4v) is 3.29. The Morgan fingerprint density at radius 3 is 2.70 bits per heavy atom. The zero-order chi connectivity index (χ0) is 18.6. The Bertz CT molecular complexity index is 400. The summed E-state index contributed by atoms with van der Waals surface area (Å²) in [4.78, 5) is 9.69. The molecule has 8 heteroatoms. The summed E-state index contributed by atoms with van der Waals surface area (Å²) >= 11 is 0. The second-order valence-electron chi connectivity index (χ2n) is 7.49. The maximum absolute atomic E-state index is 5.75. The van der Waals surface area contributed by atoms with E-state index in [4.69, 9.17) is 14.5 Å². The van der Waals surface area contributed by atoms with Crippen LogP contribution in [0, 0.1) is 5.92 Å². The number of halogens is 1. The van der Waals surface area contributed by atoms with Crippen molar-refractivity contribution in [2.75, 3.05) is 79.3 Å². The summed E-state index contributed by atoms with van der Waals surface area (Å²) in [5.41, 5.74) is 0. The van der Waals surface area contributed by atoms with E-state index < -0.39 is 0 Å². The molecule has 0 bridgehead atoms. The van der Waals surface area contributed by atoms with Crippen LogP contribution in [-0.2, 0) is 9.47 Å². The molecule has 2 unspecified atom stereocenters. The van der Waals surface area contributed by atoms with E-state index in [0.717, 1.165) is 91.0 Å². The van der Waals surface area contributed by atoms with Crippen LogP contribution in [0.25, 0.3) is 0 Å². The molecule has 0 aromatic heterocycles. The number of ether oxygens (including phenoxy) is 2. The Labute approximate surface area is 182 Å².